The van der Waals surface area contributed by atoms with Gasteiger partial charge in [0.2, 0.25) is 0 Å². The van der Waals surface area contributed by atoms with Gasteiger partial charge >= 0.3 is 0 Å². The normalized spacial score (nSPS) is 10.9. The number of aryl methyl sites for hydroxylation is 1. The second-order valence-electron chi connectivity index (χ2n) is 4.64. The van der Waals surface area contributed by atoms with E-state index in [2.05, 4.69) is 0 Å². The zero-order chi connectivity index (χ0) is 14.1. The minimum atomic E-state index is -0.224. The summed E-state index contributed by atoms with van der Waals surface area (Å²) in [6, 6.07) is 12.2. The summed E-state index contributed by atoms with van der Waals surface area (Å²) in [5.74, 6) is 0.487. The highest BCUT2D eigenvalue weighted by Gasteiger charge is 2.11. The van der Waals surface area contributed by atoms with E-state index in [9.17, 15) is 4.39 Å². The van der Waals surface area contributed by atoms with E-state index in [4.69, 9.17) is 16.3 Å². The molecule has 102 valence electrons. The molecule has 0 amide bonds. The van der Waals surface area contributed by atoms with Crippen molar-refractivity contribution in [3.05, 3.63) is 65.1 Å². The first-order chi connectivity index (χ1) is 9.65. The molecule has 0 aliphatic heterocycles. The van der Waals surface area contributed by atoms with Crippen molar-refractivity contribution >= 4 is 22.5 Å². The van der Waals surface area contributed by atoms with Crippen molar-refractivity contribution < 1.29 is 9.13 Å². The van der Waals surface area contributed by atoms with Crippen LogP contribution in [0.25, 0.3) is 10.9 Å². The first kappa shape index (κ1) is 13.0. The highest BCUT2D eigenvalue weighted by atomic mass is 35.5. The number of halogens is 2. The second-order valence-corrected chi connectivity index (χ2v) is 5.08. The Morgan fingerprint density at radius 1 is 1.15 bits per heavy atom. The predicted molar refractivity (Wildman–Crippen MR) is 78.7 cm³/mol. The van der Waals surface area contributed by atoms with Crippen LogP contribution >= 0.6 is 11.6 Å². The van der Waals surface area contributed by atoms with Crippen LogP contribution in [0.2, 0.25) is 5.02 Å². The van der Waals surface area contributed by atoms with Crippen LogP contribution in [0.15, 0.2) is 48.7 Å². The van der Waals surface area contributed by atoms with E-state index in [1.807, 2.05) is 23.9 Å². The summed E-state index contributed by atoms with van der Waals surface area (Å²) in [5.41, 5.74) is 1.69. The first-order valence-electron chi connectivity index (χ1n) is 6.26. The van der Waals surface area contributed by atoms with Gasteiger partial charge in [-0.1, -0.05) is 17.7 Å². The van der Waals surface area contributed by atoms with Crippen LogP contribution in [-0.4, -0.2) is 4.57 Å². The standard InChI is InChI=1S/C16H13ClFNO/c1-19-9-11(16-14(18)3-2-4-15(16)19)10-20-13-7-5-12(17)6-8-13/h2-9H,10H2,1H3. The van der Waals surface area contributed by atoms with Crippen molar-refractivity contribution in [1.82, 2.24) is 4.57 Å². The molecule has 4 heteroatoms. The summed E-state index contributed by atoms with van der Waals surface area (Å²) in [6.45, 7) is 0.319. The molecule has 0 N–H and O–H groups in total. The molecule has 2 nitrogen and oxygen atoms in total. The highest BCUT2D eigenvalue weighted by molar-refractivity contribution is 6.30. The van der Waals surface area contributed by atoms with Gasteiger partial charge in [-0.15, -0.1) is 0 Å². The third-order valence-corrected chi connectivity index (χ3v) is 3.50. The molecular weight excluding hydrogens is 277 g/mol. The average Bonchev–Trinajstić information content (AvgIpc) is 2.77. The van der Waals surface area contributed by atoms with E-state index in [1.54, 1.807) is 30.3 Å². The Morgan fingerprint density at radius 3 is 2.65 bits per heavy atom. The molecule has 1 aromatic heterocycles. The molecule has 1 heterocycles. The molecule has 0 saturated carbocycles. The molecule has 0 saturated heterocycles. The summed E-state index contributed by atoms with van der Waals surface area (Å²) in [4.78, 5) is 0. The Kier molecular flexibility index (Phi) is 3.36. The van der Waals surface area contributed by atoms with Crippen molar-refractivity contribution in [2.75, 3.05) is 0 Å². The summed E-state index contributed by atoms with van der Waals surface area (Å²) >= 11 is 5.82. The Labute approximate surface area is 121 Å². The van der Waals surface area contributed by atoms with Crippen LogP contribution in [-0.2, 0) is 13.7 Å². The predicted octanol–water partition coefficient (Wildman–Crippen LogP) is 4.55. The molecule has 2 aromatic carbocycles. The molecule has 0 radical (unpaired) electrons. The summed E-state index contributed by atoms with van der Waals surface area (Å²) in [7, 11) is 1.90. The summed E-state index contributed by atoms with van der Waals surface area (Å²) in [5, 5.41) is 1.28. The molecule has 0 atom stereocenters. The molecule has 20 heavy (non-hydrogen) atoms. The lowest BCUT2D eigenvalue weighted by molar-refractivity contribution is 0.307. The number of fused-ring (bicyclic) bond motifs is 1. The lowest BCUT2D eigenvalue weighted by Crippen LogP contribution is -1.95. The maximum absolute atomic E-state index is 14.0. The monoisotopic (exact) mass is 289 g/mol. The van der Waals surface area contributed by atoms with Crippen LogP contribution in [0.1, 0.15) is 5.56 Å². The fourth-order valence-corrected chi connectivity index (χ4v) is 2.42. The zero-order valence-corrected chi connectivity index (χ0v) is 11.7. The van der Waals surface area contributed by atoms with Crippen molar-refractivity contribution in [3.63, 3.8) is 0 Å². The van der Waals surface area contributed by atoms with E-state index in [1.165, 1.54) is 6.07 Å². The van der Waals surface area contributed by atoms with Crippen LogP contribution < -0.4 is 4.74 Å². The average molecular weight is 290 g/mol. The lowest BCUT2D eigenvalue weighted by atomic mass is 10.2. The van der Waals surface area contributed by atoms with Gasteiger partial charge in [0, 0.05) is 29.2 Å². The molecule has 3 rings (SSSR count). The second kappa shape index (κ2) is 5.17. The van der Waals surface area contributed by atoms with E-state index in [0.717, 1.165) is 11.1 Å². The van der Waals surface area contributed by atoms with Gasteiger partial charge in [0.1, 0.15) is 18.2 Å². The Morgan fingerprint density at radius 2 is 1.90 bits per heavy atom. The van der Waals surface area contributed by atoms with Crippen molar-refractivity contribution in [2.24, 2.45) is 7.05 Å². The molecular formula is C16H13ClFNO. The minimum absolute atomic E-state index is 0.224. The van der Waals surface area contributed by atoms with Crippen LogP contribution in [0.4, 0.5) is 4.39 Å². The quantitative estimate of drug-likeness (QED) is 0.690. The number of nitrogens with zero attached hydrogens (tertiary/aromatic N) is 1. The molecule has 0 fully saturated rings. The highest BCUT2D eigenvalue weighted by Crippen LogP contribution is 2.25. The fourth-order valence-electron chi connectivity index (χ4n) is 2.29. The van der Waals surface area contributed by atoms with E-state index < -0.39 is 0 Å². The Hall–Kier alpha value is -2.00. The van der Waals surface area contributed by atoms with Crippen molar-refractivity contribution in [1.29, 1.82) is 0 Å². The topological polar surface area (TPSA) is 14.2 Å². The largest absolute Gasteiger partial charge is 0.489 e. The SMILES string of the molecule is Cn1cc(COc2ccc(Cl)cc2)c2c(F)cccc21. The smallest absolute Gasteiger partial charge is 0.132 e. The zero-order valence-electron chi connectivity index (χ0n) is 10.9. The summed E-state index contributed by atoms with van der Waals surface area (Å²) in [6.07, 6.45) is 1.89. The number of hydrogen-bond acceptors (Lipinski definition) is 1. The Bertz CT molecular complexity index is 749. The maximum Gasteiger partial charge on any atom is 0.132 e. The van der Waals surface area contributed by atoms with E-state index in [0.29, 0.717) is 22.8 Å². The number of rotatable bonds is 3. The Balaban J connectivity index is 1.89. The number of ether oxygens (including phenoxy) is 1. The maximum atomic E-state index is 14.0. The van der Waals surface area contributed by atoms with Crippen molar-refractivity contribution in [3.8, 4) is 5.75 Å². The van der Waals surface area contributed by atoms with Crippen LogP contribution in [0.3, 0.4) is 0 Å². The summed E-state index contributed by atoms with van der Waals surface area (Å²) < 4.78 is 21.5. The van der Waals surface area contributed by atoms with Gasteiger partial charge in [0.05, 0.1) is 5.52 Å². The first-order valence-corrected chi connectivity index (χ1v) is 6.64. The van der Waals surface area contributed by atoms with Gasteiger partial charge in [0.15, 0.2) is 0 Å². The molecule has 3 aromatic rings. The molecule has 0 bridgehead atoms. The molecule has 0 aliphatic rings. The van der Waals surface area contributed by atoms with Gasteiger partial charge in [0.25, 0.3) is 0 Å². The van der Waals surface area contributed by atoms with Gasteiger partial charge < -0.3 is 9.30 Å². The van der Waals surface area contributed by atoms with Gasteiger partial charge in [-0.2, -0.15) is 0 Å². The van der Waals surface area contributed by atoms with E-state index in [-0.39, 0.29) is 5.82 Å². The minimum Gasteiger partial charge on any atom is -0.489 e. The van der Waals surface area contributed by atoms with E-state index >= 15 is 0 Å². The number of benzene rings is 2. The van der Waals surface area contributed by atoms with Gasteiger partial charge in [-0.3, -0.25) is 0 Å². The third-order valence-electron chi connectivity index (χ3n) is 3.25. The third kappa shape index (κ3) is 2.37. The van der Waals surface area contributed by atoms with Crippen molar-refractivity contribution in [2.45, 2.75) is 6.61 Å². The fraction of sp³-hybridized carbons (Fsp3) is 0.125. The molecule has 0 aliphatic carbocycles. The lowest BCUT2D eigenvalue weighted by Gasteiger charge is -2.05. The number of hydrogen-bond donors (Lipinski definition) is 0. The molecule has 0 spiro atoms. The van der Waals surface area contributed by atoms with Gasteiger partial charge in [-0.25, -0.2) is 4.39 Å². The van der Waals surface area contributed by atoms with Gasteiger partial charge in [-0.05, 0) is 36.4 Å². The molecule has 0 unspecified atom stereocenters. The number of aromatic nitrogens is 1. The van der Waals surface area contributed by atoms with Crippen LogP contribution in [0.5, 0.6) is 5.75 Å². The van der Waals surface area contributed by atoms with Crippen LogP contribution in [0, 0.1) is 5.82 Å².